The van der Waals surface area contributed by atoms with Crippen LogP contribution in [0.5, 0.6) is 34.5 Å². The summed E-state index contributed by atoms with van der Waals surface area (Å²) in [5.41, 5.74) is 15.4. The van der Waals surface area contributed by atoms with Crippen LogP contribution in [-0.2, 0) is 18.5 Å². The minimum absolute atomic E-state index is 0.0255. The summed E-state index contributed by atoms with van der Waals surface area (Å²) in [6, 6.07) is 26.3. The molecule has 0 aliphatic heterocycles. The van der Waals surface area contributed by atoms with Crippen molar-refractivity contribution in [2.75, 3.05) is 22.1 Å². The van der Waals surface area contributed by atoms with Gasteiger partial charge in [-0.2, -0.15) is 39.5 Å². The van der Waals surface area contributed by atoms with Gasteiger partial charge in [-0.05, 0) is 109 Å². The Balaban J connectivity index is 1.34. The number of alkyl halides is 9. The summed E-state index contributed by atoms with van der Waals surface area (Å²) >= 11 is 0. The highest BCUT2D eigenvalue weighted by Crippen LogP contribution is 2.44. The van der Waals surface area contributed by atoms with Crippen LogP contribution in [0.1, 0.15) is 16.7 Å². The molecular weight excluding hydrogens is 743 g/mol. The van der Waals surface area contributed by atoms with Crippen LogP contribution < -0.4 is 36.3 Å². The second-order valence-electron chi connectivity index (χ2n) is 11.9. The molecule has 0 amide bonds. The minimum atomic E-state index is -4.73. The van der Waals surface area contributed by atoms with Crippen LogP contribution in [0.15, 0.2) is 127 Å². The first-order chi connectivity index (χ1) is 25.8. The summed E-state index contributed by atoms with van der Waals surface area (Å²) in [6.07, 6.45) is -14.2. The van der Waals surface area contributed by atoms with Gasteiger partial charge >= 0.3 is 18.5 Å². The predicted molar refractivity (Wildman–Crippen MR) is 189 cm³/mol. The van der Waals surface area contributed by atoms with Crippen molar-refractivity contribution in [1.29, 1.82) is 0 Å². The fourth-order valence-corrected chi connectivity index (χ4v) is 5.39. The third-order valence-electron chi connectivity index (χ3n) is 7.90. The number of ether oxygens (including phenoxy) is 3. The van der Waals surface area contributed by atoms with Crippen molar-refractivity contribution in [2.45, 2.75) is 18.5 Å². The van der Waals surface area contributed by atoms with Gasteiger partial charge in [0.1, 0.15) is 34.5 Å². The van der Waals surface area contributed by atoms with Crippen molar-refractivity contribution >= 4 is 34.1 Å². The third-order valence-corrected chi connectivity index (χ3v) is 7.90. The van der Waals surface area contributed by atoms with E-state index < -0.39 is 52.5 Å². The summed E-state index contributed by atoms with van der Waals surface area (Å²) in [4.78, 5) is 1.64. The van der Waals surface area contributed by atoms with E-state index in [9.17, 15) is 39.5 Å². The van der Waals surface area contributed by atoms with E-state index >= 15 is 0 Å². The lowest BCUT2D eigenvalue weighted by Crippen LogP contribution is -2.10. The standard InChI is InChI=1S/C39H27F9N4O3/c40-37(41,42)31-16-1-22(49)19-34(31)53-28-10-4-25(5-11-28)52(26-6-12-29(13-7-26)54-35-20-23(50)2-17-32(35)38(43,44)45)27-8-14-30(15-9-27)55-36-21-24(51)3-18-33(36)39(46,47)48/h1-21H,49-51H2. The van der Waals surface area contributed by atoms with Gasteiger partial charge in [0, 0.05) is 52.3 Å². The fraction of sp³-hybridized carbons (Fsp3) is 0.0769. The van der Waals surface area contributed by atoms with Gasteiger partial charge in [-0.1, -0.05) is 0 Å². The Kier molecular flexibility index (Phi) is 10.1. The van der Waals surface area contributed by atoms with Crippen molar-refractivity contribution in [3.8, 4) is 34.5 Å². The summed E-state index contributed by atoms with van der Waals surface area (Å²) in [6.45, 7) is 0. The quantitative estimate of drug-likeness (QED) is 0.0992. The molecule has 0 heterocycles. The van der Waals surface area contributed by atoms with Gasteiger partial charge in [-0.3, -0.25) is 0 Å². The van der Waals surface area contributed by atoms with Crippen molar-refractivity contribution in [1.82, 2.24) is 0 Å². The van der Waals surface area contributed by atoms with Gasteiger partial charge in [0.2, 0.25) is 0 Å². The maximum atomic E-state index is 13.7. The van der Waals surface area contributed by atoms with Gasteiger partial charge in [0.05, 0.1) is 16.7 Å². The van der Waals surface area contributed by atoms with E-state index in [1.165, 1.54) is 72.8 Å². The summed E-state index contributed by atoms with van der Waals surface area (Å²) in [5.74, 6) is -1.49. The van der Waals surface area contributed by atoms with Crippen LogP contribution in [0.2, 0.25) is 0 Å². The lowest BCUT2D eigenvalue weighted by Gasteiger charge is -2.26. The van der Waals surface area contributed by atoms with Gasteiger partial charge in [0.15, 0.2) is 0 Å². The zero-order chi connectivity index (χ0) is 39.7. The molecule has 6 aromatic rings. The molecule has 0 saturated carbocycles. The Bertz CT molecular complexity index is 2030. The maximum Gasteiger partial charge on any atom is 0.419 e. The Morgan fingerprint density at radius 1 is 0.345 bits per heavy atom. The van der Waals surface area contributed by atoms with E-state index in [-0.39, 0.29) is 34.3 Å². The normalized spacial score (nSPS) is 11.9. The molecule has 6 aromatic carbocycles. The molecule has 7 nitrogen and oxygen atoms in total. The first kappa shape index (κ1) is 38.0. The molecule has 0 spiro atoms. The van der Waals surface area contributed by atoms with E-state index in [1.807, 2.05) is 0 Å². The Hall–Kier alpha value is -6.71. The molecular formula is C39H27F9N4O3. The van der Waals surface area contributed by atoms with Crippen molar-refractivity contribution in [3.63, 3.8) is 0 Å². The number of hydrogen-bond donors (Lipinski definition) is 3. The monoisotopic (exact) mass is 770 g/mol. The highest BCUT2D eigenvalue weighted by Gasteiger charge is 2.36. The average molecular weight is 771 g/mol. The molecule has 0 aromatic heterocycles. The second kappa shape index (κ2) is 14.6. The van der Waals surface area contributed by atoms with Crippen LogP contribution in [0, 0.1) is 0 Å². The van der Waals surface area contributed by atoms with Crippen LogP contribution in [0.4, 0.5) is 73.6 Å². The Labute approximate surface area is 306 Å². The van der Waals surface area contributed by atoms with E-state index in [0.717, 1.165) is 54.6 Å². The molecule has 0 radical (unpaired) electrons. The van der Waals surface area contributed by atoms with Crippen LogP contribution in [0.25, 0.3) is 0 Å². The molecule has 0 aliphatic carbocycles. The van der Waals surface area contributed by atoms with E-state index in [1.54, 1.807) is 4.90 Å². The summed E-state index contributed by atoms with van der Waals surface area (Å²) in [7, 11) is 0. The van der Waals surface area contributed by atoms with Gasteiger partial charge in [0.25, 0.3) is 0 Å². The fourth-order valence-electron chi connectivity index (χ4n) is 5.39. The minimum Gasteiger partial charge on any atom is -0.457 e. The maximum absolute atomic E-state index is 13.7. The number of halogens is 9. The first-order valence-electron chi connectivity index (χ1n) is 15.9. The lowest BCUT2D eigenvalue weighted by molar-refractivity contribution is -0.139. The topological polar surface area (TPSA) is 109 Å². The zero-order valence-electron chi connectivity index (χ0n) is 27.9. The van der Waals surface area contributed by atoms with E-state index in [0.29, 0.717) is 17.1 Å². The molecule has 0 atom stereocenters. The average Bonchev–Trinajstić information content (AvgIpc) is 3.09. The second-order valence-corrected chi connectivity index (χ2v) is 11.9. The smallest absolute Gasteiger partial charge is 0.419 e. The number of hydrogen-bond acceptors (Lipinski definition) is 7. The Morgan fingerprint density at radius 3 is 0.800 bits per heavy atom. The SMILES string of the molecule is Nc1ccc(C(F)(F)F)c(Oc2ccc(N(c3ccc(Oc4cc(N)ccc4C(F)(F)F)cc3)c3ccc(Oc4cc(N)ccc4C(F)(F)F)cc3)cc2)c1. The van der Waals surface area contributed by atoms with Crippen molar-refractivity contribution < 1.29 is 53.7 Å². The number of nitrogens with two attached hydrogens (primary N) is 3. The first-order valence-corrected chi connectivity index (χ1v) is 15.9. The van der Waals surface area contributed by atoms with Gasteiger partial charge in [-0.15, -0.1) is 0 Å². The van der Waals surface area contributed by atoms with E-state index in [4.69, 9.17) is 31.4 Å². The number of nitrogen functional groups attached to an aromatic ring is 3. The molecule has 6 rings (SSSR count). The zero-order valence-corrected chi connectivity index (χ0v) is 27.9. The van der Waals surface area contributed by atoms with Gasteiger partial charge in [-0.25, -0.2) is 0 Å². The molecule has 0 unspecified atom stereocenters. The molecule has 16 heteroatoms. The third kappa shape index (κ3) is 8.92. The number of nitrogens with zero attached hydrogens (tertiary/aromatic N) is 1. The molecule has 6 N–H and O–H groups in total. The molecule has 55 heavy (non-hydrogen) atoms. The van der Waals surface area contributed by atoms with Crippen LogP contribution >= 0.6 is 0 Å². The molecule has 0 fully saturated rings. The molecule has 0 bridgehead atoms. The lowest BCUT2D eigenvalue weighted by atomic mass is 10.1. The van der Waals surface area contributed by atoms with Gasteiger partial charge < -0.3 is 36.3 Å². The van der Waals surface area contributed by atoms with Crippen LogP contribution in [0.3, 0.4) is 0 Å². The Morgan fingerprint density at radius 2 is 0.582 bits per heavy atom. The number of rotatable bonds is 9. The molecule has 284 valence electrons. The summed E-state index contributed by atoms with van der Waals surface area (Å²) < 4.78 is 140. The van der Waals surface area contributed by atoms with E-state index in [2.05, 4.69) is 0 Å². The van der Waals surface area contributed by atoms with Crippen molar-refractivity contribution in [2.24, 2.45) is 0 Å². The molecule has 0 aliphatic rings. The summed E-state index contributed by atoms with van der Waals surface area (Å²) in [5, 5.41) is 0. The van der Waals surface area contributed by atoms with Crippen molar-refractivity contribution in [3.05, 3.63) is 144 Å². The number of anilines is 6. The number of benzene rings is 6. The largest absolute Gasteiger partial charge is 0.457 e. The molecule has 0 saturated heterocycles. The highest BCUT2D eigenvalue weighted by molar-refractivity contribution is 5.77. The highest BCUT2D eigenvalue weighted by atomic mass is 19.4. The van der Waals surface area contributed by atoms with Crippen LogP contribution in [-0.4, -0.2) is 0 Å². The predicted octanol–water partition coefficient (Wildman–Crippen LogP) is 12.3.